The van der Waals surface area contributed by atoms with Gasteiger partial charge in [-0.25, -0.2) is 0 Å². The Morgan fingerprint density at radius 1 is 1.08 bits per heavy atom. The number of aliphatic hydroxyl groups is 4. The second-order valence-electron chi connectivity index (χ2n) is 14.2. The third-order valence-electron chi connectivity index (χ3n) is 10.2. The number of cyclic esters (lactones) is 1. The van der Waals surface area contributed by atoms with Gasteiger partial charge in [0.1, 0.15) is 35.9 Å². The predicted octanol–water partition coefficient (Wildman–Crippen LogP) is 1.96. The van der Waals surface area contributed by atoms with Crippen molar-refractivity contribution in [3.05, 3.63) is 17.9 Å². The SMILES string of the molecule is CC[C@H]1OC(=O)[C@H](C)C(=O)[C@H](C)C(O[C@@H]2O[C@H](C)C[C@H](N(C)C)[C@H]2O)[C@](C)(OC)C[C@@H](C)/C(=N/N=C\c2ccc(OC)o2)[C@H](O)[C@@H](O)[C@]1(C)O. The molecule has 2 fully saturated rings. The topological polar surface area (TPSA) is 202 Å². The molecule has 15 heteroatoms. The number of nitrogens with zero attached hydrogens (tertiary/aromatic N) is 3. The number of Topliss-reactive ketones (excluding diaryl/α,β-unsaturated/α-hetero) is 1. The molecule has 0 radical (unpaired) electrons. The summed E-state index contributed by atoms with van der Waals surface area (Å²) < 4.78 is 34.9. The largest absolute Gasteiger partial charge is 0.468 e. The van der Waals surface area contributed by atoms with Crippen molar-refractivity contribution in [1.82, 2.24) is 4.90 Å². The van der Waals surface area contributed by atoms with Gasteiger partial charge in [0.2, 0.25) is 0 Å². The van der Waals surface area contributed by atoms with E-state index in [1.165, 1.54) is 34.3 Å². The Labute approximate surface area is 294 Å². The van der Waals surface area contributed by atoms with Gasteiger partial charge in [-0.3, -0.25) is 9.59 Å². The first-order chi connectivity index (χ1) is 23.3. The molecule has 0 aliphatic carbocycles. The van der Waals surface area contributed by atoms with Gasteiger partial charge in [0.15, 0.2) is 17.8 Å². The van der Waals surface area contributed by atoms with Crippen LogP contribution >= 0.6 is 0 Å². The zero-order chi connectivity index (χ0) is 37.7. The molecule has 0 saturated carbocycles. The fourth-order valence-electron chi connectivity index (χ4n) is 6.92. The van der Waals surface area contributed by atoms with Crippen LogP contribution in [0.1, 0.15) is 73.5 Å². The lowest BCUT2D eigenvalue weighted by molar-refractivity contribution is -0.295. The van der Waals surface area contributed by atoms with E-state index in [-0.39, 0.29) is 36.6 Å². The minimum absolute atomic E-state index is 0.0339. The lowest BCUT2D eigenvalue weighted by atomic mass is 9.75. The Hall–Kier alpha value is -2.76. The van der Waals surface area contributed by atoms with Gasteiger partial charge in [-0.2, -0.15) is 10.2 Å². The standard InChI is InChI=1S/C35H57N3O12/c1-12-24-35(7,44)30(42)29(41)26(37-36-17-22-13-14-25(45-10)48-22)18(2)16-34(6,46-11)31(20(4)27(39)21(5)32(43)49-24)50-33-28(40)23(38(8)9)15-19(3)47-33/h13-14,17-21,23-24,28-31,33,40-42,44H,12,15-16H2,1-11H3/b36-17-,37-26-/t18-,19-,20+,21-,23+,24-,28-,29+,30-,31?,33+,34-,35-/m1/s1. The molecule has 0 bridgehead atoms. The van der Waals surface area contributed by atoms with Crippen molar-refractivity contribution in [1.29, 1.82) is 0 Å². The van der Waals surface area contributed by atoms with Gasteiger partial charge in [0.25, 0.3) is 5.95 Å². The summed E-state index contributed by atoms with van der Waals surface area (Å²) in [5.74, 6) is -3.96. The fraction of sp³-hybridized carbons (Fsp3) is 0.771. The van der Waals surface area contributed by atoms with Crippen molar-refractivity contribution in [2.75, 3.05) is 28.3 Å². The van der Waals surface area contributed by atoms with Crippen LogP contribution in [0, 0.1) is 17.8 Å². The molecule has 4 N–H and O–H groups in total. The highest BCUT2D eigenvalue weighted by atomic mass is 16.7. The minimum atomic E-state index is -2.18. The molecule has 284 valence electrons. The summed E-state index contributed by atoms with van der Waals surface area (Å²) in [6.45, 7) is 11.2. The van der Waals surface area contributed by atoms with E-state index in [1.54, 1.807) is 39.8 Å². The van der Waals surface area contributed by atoms with Crippen LogP contribution in [0.5, 0.6) is 5.95 Å². The summed E-state index contributed by atoms with van der Waals surface area (Å²) >= 11 is 0. The molecular formula is C35H57N3O12. The van der Waals surface area contributed by atoms with Crippen molar-refractivity contribution in [3.63, 3.8) is 0 Å². The van der Waals surface area contributed by atoms with E-state index in [2.05, 4.69) is 10.2 Å². The van der Waals surface area contributed by atoms with Crippen molar-refractivity contribution in [2.45, 2.75) is 128 Å². The number of esters is 1. The number of likely N-dealkylation sites (N-methyl/N-ethyl adjacent to an activating group) is 1. The van der Waals surface area contributed by atoms with Crippen LogP contribution < -0.4 is 4.74 Å². The molecule has 13 atom stereocenters. The number of carbonyl (C=O) groups excluding carboxylic acids is 2. The van der Waals surface area contributed by atoms with E-state index in [1.807, 2.05) is 25.9 Å². The maximum Gasteiger partial charge on any atom is 0.316 e. The van der Waals surface area contributed by atoms with Crippen molar-refractivity contribution in [2.24, 2.45) is 28.0 Å². The van der Waals surface area contributed by atoms with Gasteiger partial charge in [-0.05, 0) is 67.1 Å². The number of ether oxygens (including phenoxy) is 5. The fourth-order valence-corrected chi connectivity index (χ4v) is 6.92. The molecule has 50 heavy (non-hydrogen) atoms. The van der Waals surface area contributed by atoms with Crippen LogP contribution in [0.2, 0.25) is 0 Å². The van der Waals surface area contributed by atoms with E-state index in [4.69, 9.17) is 28.1 Å². The smallest absolute Gasteiger partial charge is 0.316 e. The molecular weight excluding hydrogens is 654 g/mol. The second-order valence-corrected chi connectivity index (χ2v) is 14.2. The predicted molar refractivity (Wildman–Crippen MR) is 183 cm³/mol. The molecule has 0 spiro atoms. The van der Waals surface area contributed by atoms with Crippen LogP contribution in [0.15, 0.2) is 26.8 Å². The first-order valence-electron chi connectivity index (χ1n) is 17.1. The molecule has 3 heterocycles. The molecule has 0 aromatic carbocycles. The van der Waals surface area contributed by atoms with E-state index < -0.39 is 77.5 Å². The highest BCUT2D eigenvalue weighted by Crippen LogP contribution is 2.38. The maximum atomic E-state index is 14.1. The summed E-state index contributed by atoms with van der Waals surface area (Å²) in [6, 6.07) is 2.88. The molecule has 2 aliphatic heterocycles. The van der Waals surface area contributed by atoms with Gasteiger partial charge in [-0.15, -0.1) is 0 Å². The Balaban J connectivity index is 2.17. The highest BCUT2D eigenvalue weighted by Gasteiger charge is 2.52. The zero-order valence-electron chi connectivity index (χ0n) is 31.1. The summed E-state index contributed by atoms with van der Waals surface area (Å²) in [5, 5.41) is 54.4. The molecule has 15 nitrogen and oxygen atoms in total. The number of hydrogen-bond donors (Lipinski definition) is 4. The Morgan fingerprint density at radius 2 is 1.74 bits per heavy atom. The molecule has 2 saturated heterocycles. The molecule has 0 amide bonds. The number of ketones is 1. The Morgan fingerprint density at radius 3 is 2.30 bits per heavy atom. The number of methoxy groups -OCH3 is 2. The molecule has 3 rings (SSSR count). The molecule has 2 aliphatic rings. The zero-order valence-corrected chi connectivity index (χ0v) is 31.1. The van der Waals surface area contributed by atoms with Crippen LogP contribution in [-0.2, 0) is 28.5 Å². The van der Waals surface area contributed by atoms with E-state index in [0.717, 1.165) is 0 Å². The van der Waals surface area contributed by atoms with Crippen molar-refractivity contribution < 1.29 is 58.1 Å². The van der Waals surface area contributed by atoms with Gasteiger partial charge >= 0.3 is 5.97 Å². The minimum Gasteiger partial charge on any atom is -0.468 e. The van der Waals surface area contributed by atoms with Crippen LogP contribution in [-0.4, -0.2) is 137 Å². The van der Waals surface area contributed by atoms with Crippen LogP contribution in [0.25, 0.3) is 0 Å². The molecule has 1 aromatic heterocycles. The number of hydrogen-bond acceptors (Lipinski definition) is 15. The lowest BCUT2D eigenvalue weighted by Crippen LogP contribution is -2.60. The van der Waals surface area contributed by atoms with Gasteiger partial charge in [-0.1, -0.05) is 20.8 Å². The average molecular weight is 712 g/mol. The Bertz CT molecular complexity index is 1350. The van der Waals surface area contributed by atoms with E-state index in [0.29, 0.717) is 12.2 Å². The molecule has 1 unspecified atom stereocenters. The van der Waals surface area contributed by atoms with Gasteiger partial charge in [0.05, 0.1) is 36.8 Å². The molecule has 1 aromatic rings. The lowest BCUT2D eigenvalue weighted by Gasteiger charge is -2.47. The highest BCUT2D eigenvalue weighted by molar-refractivity contribution is 6.00. The number of carbonyl (C=O) groups is 2. The van der Waals surface area contributed by atoms with Crippen LogP contribution in [0.4, 0.5) is 0 Å². The first-order valence-corrected chi connectivity index (χ1v) is 17.1. The monoisotopic (exact) mass is 711 g/mol. The summed E-state index contributed by atoms with van der Waals surface area (Å²) in [5.41, 5.74) is -3.57. The van der Waals surface area contributed by atoms with Crippen LogP contribution in [0.3, 0.4) is 0 Å². The average Bonchev–Trinajstić information content (AvgIpc) is 3.54. The first kappa shape index (κ1) is 41.7. The van der Waals surface area contributed by atoms with Crippen molar-refractivity contribution >= 4 is 23.7 Å². The van der Waals surface area contributed by atoms with Crippen molar-refractivity contribution in [3.8, 4) is 5.95 Å². The normalized spacial score (nSPS) is 40.6. The van der Waals surface area contributed by atoms with Gasteiger partial charge < -0.3 is 53.4 Å². The maximum absolute atomic E-state index is 14.1. The third-order valence-corrected chi connectivity index (χ3v) is 10.2. The number of rotatable bonds is 8. The van der Waals surface area contributed by atoms with Gasteiger partial charge in [0, 0.05) is 31.1 Å². The van der Waals surface area contributed by atoms with E-state index in [9.17, 15) is 30.0 Å². The summed E-state index contributed by atoms with van der Waals surface area (Å²) in [6.07, 6.45) is -6.76. The second kappa shape index (κ2) is 17.2. The summed E-state index contributed by atoms with van der Waals surface area (Å²) in [4.78, 5) is 29.4. The number of aliphatic hydroxyl groups excluding tert-OH is 3. The van der Waals surface area contributed by atoms with E-state index >= 15 is 0 Å². The Kier molecular flexibility index (Phi) is 14.3. The number of furan rings is 1. The third kappa shape index (κ3) is 9.17. The quantitative estimate of drug-likeness (QED) is 0.132. The summed E-state index contributed by atoms with van der Waals surface area (Å²) in [7, 11) is 6.57.